The van der Waals surface area contributed by atoms with E-state index >= 15 is 0 Å². The van der Waals surface area contributed by atoms with E-state index < -0.39 is 29.8 Å². The number of rotatable bonds is 25. The highest BCUT2D eigenvalue weighted by molar-refractivity contribution is 5.91. The fourth-order valence-corrected chi connectivity index (χ4v) is 4.00. The number of hydrogen-bond acceptors (Lipinski definition) is 5. The highest BCUT2D eigenvalue weighted by atomic mass is 16.4. The molecule has 0 unspecified atom stereocenters. The first-order valence-corrected chi connectivity index (χ1v) is 13.9. The van der Waals surface area contributed by atoms with Crippen LogP contribution in [-0.2, 0) is 24.0 Å². The zero-order valence-corrected chi connectivity index (χ0v) is 22.6. The first-order chi connectivity index (χ1) is 17.6. The van der Waals surface area contributed by atoms with Crippen molar-refractivity contribution in [1.29, 1.82) is 0 Å². The van der Waals surface area contributed by atoms with Crippen molar-refractivity contribution < 1.29 is 34.2 Å². The molecule has 0 fully saturated rings. The van der Waals surface area contributed by atoms with Crippen LogP contribution < -0.4 is 16.4 Å². The average Bonchev–Trinajstić information content (AvgIpc) is 2.83. The van der Waals surface area contributed by atoms with Gasteiger partial charge in [-0.2, -0.15) is 0 Å². The molecule has 0 aliphatic rings. The van der Waals surface area contributed by atoms with Gasteiger partial charge in [0.25, 0.3) is 0 Å². The van der Waals surface area contributed by atoms with E-state index in [-0.39, 0.29) is 31.1 Å². The van der Waals surface area contributed by atoms with Crippen LogP contribution in [0.3, 0.4) is 0 Å². The third-order valence-corrected chi connectivity index (χ3v) is 6.42. The minimum Gasteiger partial charge on any atom is -0.481 e. The quantitative estimate of drug-likeness (QED) is 0.112. The number of aliphatic carboxylic acids is 2. The van der Waals surface area contributed by atoms with E-state index in [1.165, 1.54) is 25.7 Å². The van der Waals surface area contributed by atoms with Crippen molar-refractivity contribution in [2.24, 2.45) is 11.7 Å². The maximum Gasteiger partial charge on any atom is 0.306 e. The molecule has 214 valence electrons. The lowest BCUT2D eigenvalue weighted by molar-refractivity contribution is -0.141. The normalized spacial score (nSPS) is 12.5. The van der Waals surface area contributed by atoms with Crippen molar-refractivity contribution in [3.8, 4) is 0 Å². The predicted octanol–water partition coefficient (Wildman–Crippen LogP) is 3.90. The predicted molar refractivity (Wildman–Crippen MR) is 142 cm³/mol. The number of carbonyl (C=O) groups excluding carboxylic acids is 3. The molecule has 6 N–H and O–H groups in total. The van der Waals surface area contributed by atoms with E-state index in [4.69, 9.17) is 15.9 Å². The summed E-state index contributed by atoms with van der Waals surface area (Å²) in [5, 5.41) is 22.7. The summed E-state index contributed by atoms with van der Waals surface area (Å²) in [6.45, 7) is 2.02. The van der Waals surface area contributed by atoms with Crippen molar-refractivity contribution in [2.45, 2.75) is 129 Å². The minimum absolute atomic E-state index is 0.213. The maximum atomic E-state index is 12.2. The number of hydrogen-bond donors (Lipinski definition) is 5. The Balaban J connectivity index is 3.76. The zero-order chi connectivity index (χ0) is 27.9. The van der Waals surface area contributed by atoms with Gasteiger partial charge in [0.05, 0.1) is 12.3 Å². The maximum absolute atomic E-state index is 12.2. The van der Waals surface area contributed by atoms with E-state index in [0.29, 0.717) is 32.2 Å². The van der Waals surface area contributed by atoms with Crippen LogP contribution in [0.1, 0.15) is 122 Å². The van der Waals surface area contributed by atoms with Crippen LogP contribution in [0.25, 0.3) is 0 Å². The van der Waals surface area contributed by atoms with Gasteiger partial charge in [-0.05, 0) is 25.7 Å². The Labute approximate surface area is 221 Å². The summed E-state index contributed by atoms with van der Waals surface area (Å²) in [5.41, 5.74) is 5.35. The lowest BCUT2D eigenvalue weighted by atomic mass is 10.0. The van der Waals surface area contributed by atoms with Gasteiger partial charge in [-0.3, -0.25) is 24.0 Å². The molecule has 0 bridgehead atoms. The average molecular weight is 528 g/mol. The molecule has 0 heterocycles. The van der Waals surface area contributed by atoms with Crippen molar-refractivity contribution in [1.82, 2.24) is 10.6 Å². The molecular formula is C27H49N3O7. The molecule has 0 saturated carbocycles. The van der Waals surface area contributed by atoms with Crippen LogP contribution >= 0.6 is 0 Å². The van der Waals surface area contributed by atoms with E-state index in [1.807, 2.05) is 0 Å². The van der Waals surface area contributed by atoms with Gasteiger partial charge in [0.2, 0.25) is 17.7 Å². The fourth-order valence-electron chi connectivity index (χ4n) is 4.00. The summed E-state index contributed by atoms with van der Waals surface area (Å²) in [6.07, 6.45) is 14.8. The summed E-state index contributed by atoms with van der Waals surface area (Å²) in [6, 6.07) is -1.04. The Morgan fingerprint density at radius 1 is 0.676 bits per heavy atom. The Morgan fingerprint density at radius 3 is 1.62 bits per heavy atom. The van der Waals surface area contributed by atoms with Crippen LogP contribution in [0.2, 0.25) is 0 Å². The number of carbonyl (C=O) groups is 5. The summed E-state index contributed by atoms with van der Waals surface area (Å²) in [4.78, 5) is 57.1. The molecule has 10 nitrogen and oxygen atoms in total. The number of amides is 3. The van der Waals surface area contributed by atoms with E-state index in [1.54, 1.807) is 6.92 Å². The largest absolute Gasteiger partial charge is 0.481 e. The van der Waals surface area contributed by atoms with Gasteiger partial charge in [0.1, 0.15) is 6.04 Å². The third-order valence-electron chi connectivity index (χ3n) is 6.42. The summed E-state index contributed by atoms with van der Waals surface area (Å²) in [7, 11) is 0. The standard InChI is InChI=1S/C27H49N3O7/c1-21(27(36)37)16-14-15-19-29-24(32)20-22(26(28)35)30-23(31)17-12-10-8-6-4-2-3-5-7-9-11-13-18-25(33)34/h21-22H,2-20H2,1H3,(H2,28,35)(H,29,32)(H,30,31)(H,33,34)(H,36,37)/t21-,22-/m0/s1. The fraction of sp³-hybridized carbons (Fsp3) is 0.815. The lowest BCUT2D eigenvalue weighted by Crippen LogP contribution is -2.47. The Hall–Kier alpha value is -2.65. The number of unbranched alkanes of at least 4 members (excludes halogenated alkanes) is 12. The molecule has 0 aliphatic carbocycles. The van der Waals surface area contributed by atoms with Gasteiger partial charge in [-0.15, -0.1) is 0 Å². The topological polar surface area (TPSA) is 176 Å². The highest BCUT2D eigenvalue weighted by Crippen LogP contribution is 2.13. The monoisotopic (exact) mass is 527 g/mol. The number of carboxylic acids is 2. The second-order valence-electron chi connectivity index (χ2n) is 9.95. The molecule has 2 atom stereocenters. The smallest absolute Gasteiger partial charge is 0.306 e. The Kier molecular flexibility index (Phi) is 20.9. The molecule has 0 rings (SSSR count). The molecule has 0 spiro atoms. The molecular weight excluding hydrogens is 478 g/mol. The first-order valence-electron chi connectivity index (χ1n) is 13.9. The second kappa shape index (κ2) is 22.5. The second-order valence-corrected chi connectivity index (χ2v) is 9.95. The molecule has 3 amide bonds. The van der Waals surface area contributed by atoms with Gasteiger partial charge >= 0.3 is 11.9 Å². The number of nitrogens with two attached hydrogens (primary N) is 1. The molecule has 37 heavy (non-hydrogen) atoms. The molecule has 0 aromatic carbocycles. The summed E-state index contributed by atoms with van der Waals surface area (Å²) in [5.74, 6) is -3.40. The SMILES string of the molecule is C[C@@H](CCCCNC(=O)C[C@H](NC(=O)CCCCCCCCCCCCCCC(=O)O)C(N)=O)C(=O)O. The molecule has 10 heteroatoms. The molecule has 0 aromatic heterocycles. The van der Waals surface area contributed by atoms with Crippen LogP contribution in [0, 0.1) is 5.92 Å². The van der Waals surface area contributed by atoms with Crippen molar-refractivity contribution in [2.75, 3.05) is 6.54 Å². The number of nitrogens with one attached hydrogen (secondary N) is 2. The van der Waals surface area contributed by atoms with Gasteiger partial charge in [0.15, 0.2) is 0 Å². The van der Waals surface area contributed by atoms with Crippen LogP contribution in [0.15, 0.2) is 0 Å². The van der Waals surface area contributed by atoms with Crippen molar-refractivity contribution in [3.63, 3.8) is 0 Å². The molecule has 0 saturated heterocycles. The van der Waals surface area contributed by atoms with Gasteiger partial charge < -0.3 is 26.6 Å². The molecule has 0 aromatic rings. The van der Waals surface area contributed by atoms with Gasteiger partial charge in [0, 0.05) is 19.4 Å². The highest BCUT2D eigenvalue weighted by Gasteiger charge is 2.21. The van der Waals surface area contributed by atoms with Gasteiger partial charge in [-0.1, -0.05) is 77.6 Å². The molecule has 0 aliphatic heterocycles. The lowest BCUT2D eigenvalue weighted by Gasteiger charge is -2.15. The van der Waals surface area contributed by atoms with Crippen LogP contribution in [-0.4, -0.2) is 52.5 Å². The van der Waals surface area contributed by atoms with Crippen molar-refractivity contribution >= 4 is 29.7 Å². The van der Waals surface area contributed by atoms with Crippen LogP contribution in [0.4, 0.5) is 0 Å². The van der Waals surface area contributed by atoms with E-state index in [0.717, 1.165) is 44.9 Å². The zero-order valence-electron chi connectivity index (χ0n) is 22.6. The number of primary amides is 1. The van der Waals surface area contributed by atoms with E-state index in [2.05, 4.69) is 10.6 Å². The Bertz CT molecular complexity index is 685. The number of carboxylic acid groups (broad SMARTS) is 2. The minimum atomic E-state index is -1.04. The van der Waals surface area contributed by atoms with Crippen LogP contribution in [0.5, 0.6) is 0 Å². The Morgan fingerprint density at radius 2 is 1.16 bits per heavy atom. The molecule has 0 radical (unpaired) electrons. The first kappa shape index (κ1) is 34.4. The van der Waals surface area contributed by atoms with Crippen molar-refractivity contribution in [3.05, 3.63) is 0 Å². The summed E-state index contributed by atoms with van der Waals surface area (Å²) >= 11 is 0. The third kappa shape index (κ3) is 22.3. The summed E-state index contributed by atoms with van der Waals surface area (Å²) < 4.78 is 0. The van der Waals surface area contributed by atoms with Gasteiger partial charge in [-0.25, -0.2) is 0 Å². The van der Waals surface area contributed by atoms with E-state index in [9.17, 15) is 24.0 Å².